The van der Waals surface area contributed by atoms with Crippen molar-refractivity contribution in [2.75, 3.05) is 31.4 Å². The summed E-state index contributed by atoms with van der Waals surface area (Å²) >= 11 is 0. The maximum Gasteiger partial charge on any atom is 0.275 e. The standard InChI is InChI=1S/C23H27N7O4/c1-24-19-9-18(26-16-4-3-13-11-34-12-23(7-8-23)29(13)22(16)32)28-20-14(10-25-30(19)20)21(31)27-15-5-6-17(15)33-2/h3-4,9-10,15,17,24H,5-8,11-12H2,1-2H3,(H,26,28)(H,27,31)/t15-,17-/m1/s1. The van der Waals surface area contributed by atoms with Gasteiger partial charge in [-0.05, 0) is 37.8 Å². The smallest absolute Gasteiger partial charge is 0.275 e. The minimum atomic E-state index is -0.252. The molecule has 3 aromatic rings. The Balaban J connectivity index is 1.34. The fourth-order valence-electron chi connectivity index (χ4n) is 4.89. The van der Waals surface area contributed by atoms with E-state index in [0.29, 0.717) is 41.7 Å². The number of aromatic nitrogens is 4. The Morgan fingerprint density at radius 3 is 2.85 bits per heavy atom. The van der Waals surface area contributed by atoms with Gasteiger partial charge in [0.25, 0.3) is 11.5 Å². The van der Waals surface area contributed by atoms with E-state index in [-0.39, 0.29) is 29.2 Å². The van der Waals surface area contributed by atoms with Gasteiger partial charge in [-0.3, -0.25) is 9.59 Å². The van der Waals surface area contributed by atoms with Crippen molar-refractivity contribution >= 4 is 28.9 Å². The van der Waals surface area contributed by atoms with Gasteiger partial charge in [-0.25, -0.2) is 4.98 Å². The van der Waals surface area contributed by atoms with E-state index in [1.807, 2.05) is 10.6 Å². The van der Waals surface area contributed by atoms with E-state index < -0.39 is 0 Å². The number of pyridine rings is 1. The topological polar surface area (TPSA) is 124 Å². The van der Waals surface area contributed by atoms with Gasteiger partial charge in [-0.2, -0.15) is 9.61 Å². The van der Waals surface area contributed by atoms with Crippen LogP contribution in [0, 0.1) is 0 Å². The largest absolute Gasteiger partial charge is 0.379 e. The number of rotatable bonds is 6. The van der Waals surface area contributed by atoms with Gasteiger partial charge in [0.05, 0.1) is 37.1 Å². The Morgan fingerprint density at radius 1 is 1.29 bits per heavy atom. The molecule has 1 spiro atoms. The zero-order valence-corrected chi connectivity index (χ0v) is 19.1. The second-order valence-electron chi connectivity index (χ2n) is 9.22. The van der Waals surface area contributed by atoms with Gasteiger partial charge in [0.15, 0.2) is 5.65 Å². The lowest BCUT2D eigenvalue weighted by atomic mass is 9.89. The lowest BCUT2D eigenvalue weighted by Gasteiger charge is -2.35. The van der Waals surface area contributed by atoms with Crippen molar-refractivity contribution in [3.05, 3.63) is 46.0 Å². The second-order valence-corrected chi connectivity index (χ2v) is 9.22. The first kappa shape index (κ1) is 21.1. The molecule has 3 aromatic heterocycles. The van der Waals surface area contributed by atoms with Crippen LogP contribution in [0.1, 0.15) is 41.7 Å². The minimum Gasteiger partial charge on any atom is -0.379 e. The molecule has 2 atom stereocenters. The van der Waals surface area contributed by atoms with Gasteiger partial charge in [-0.1, -0.05) is 0 Å². The molecule has 0 saturated heterocycles. The highest BCUT2D eigenvalue weighted by Gasteiger charge is 2.48. The van der Waals surface area contributed by atoms with Crippen LogP contribution in [-0.2, 0) is 21.6 Å². The summed E-state index contributed by atoms with van der Waals surface area (Å²) in [5, 5.41) is 13.6. The van der Waals surface area contributed by atoms with Gasteiger partial charge >= 0.3 is 0 Å². The average Bonchev–Trinajstić information content (AvgIpc) is 3.44. The Hall–Kier alpha value is -3.44. The lowest BCUT2D eigenvalue weighted by Crippen LogP contribution is -2.51. The van der Waals surface area contributed by atoms with E-state index in [0.717, 1.165) is 31.4 Å². The predicted octanol–water partition coefficient (Wildman–Crippen LogP) is 1.60. The molecule has 2 saturated carbocycles. The highest BCUT2D eigenvalue weighted by Crippen LogP contribution is 2.45. The number of ether oxygens (including phenoxy) is 2. The molecule has 6 rings (SSSR count). The number of fused-ring (bicyclic) bond motifs is 3. The maximum absolute atomic E-state index is 13.3. The monoisotopic (exact) mass is 465 g/mol. The maximum atomic E-state index is 13.3. The number of methoxy groups -OCH3 is 1. The number of hydrogen-bond acceptors (Lipinski definition) is 8. The molecule has 2 aliphatic carbocycles. The number of nitrogens with zero attached hydrogens (tertiary/aromatic N) is 4. The van der Waals surface area contributed by atoms with Gasteiger partial charge in [0, 0.05) is 25.9 Å². The van der Waals surface area contributed by atoms with Crippen molar-refractivity contribution in [2.45, 2.75) is 50.0 Å². The summed E-state index contributed by atoms with van der Waals surface area (Å²) in [6, 6.07) is 5.42. The number of anilines is 3. The van der Waals surface area contributed by atoms with Crippen LogP contribution in [0.2, 0.25) is 0 Å². The molecule has 3 aliphatic rings. The van der Waals surface area contributed by atoms with Crippen LogP contribution < -0.4 is 21.5 Å². The summed E-state index contributed by atoms with van der Waals surface area (Å²) in [4.78, 5) is 31.0. The predicted molar refractivity (Wildman–Crippen MR) is 125 cm³/mol. The molecule has 0 bridgehead atoms. The first-order chi connectivity index (χ1) is 16.5. The molecular weight excluding hydrogens is 438 g/mol. The van der Waals surface area contributed by atoms with Crippen LogP contribution in [0.15, 0.2) is 29.2 Å². The van der Waals surface area contributed by atoms with E-state index in [9.17, 15) is 9.59 Å². The molecule has 3 N–H and O–H groups in total. The van der Waals surface area contributed by atoms with Crippen molar-refractivity contribution in [1.29, 1.82) is 0 Å². The number of carbonyl (C=O) groups excluding carboxylic acids is 1. The molecule has 178 valence electrons. The molecule has 4 heterocycles. The van der Waals surface area contributed by atoms with Crippen molar-refractivity contribution in [1.82, 2.24) is 24.5 Å². The van der Waals surface area contributed by atoms with Gasteiger partial charge in [0.2, 0.25) is 0 Å². The summed E-state index contributed by atoms with van der Waals surface area (Å²) in [7, 11) is 3.42. The first-order valence-electron chi connectivity index (χ1n) is 11.5. The summed E-state index contributed by atoms with van der Waals surface area (Å²) in [5.41, 5.74) is 1.77. The average molecular weight is 466 g/mol. The van der Waals surface area contributed by atoms with Crippen LogP contribution in [-0.4, -0.2) is 58.0 Å². The SMILES string of the molecule is CNc1cc(Nc2ccc3n(c2=O)C2(CC2)COC3)nc2c(C(=O)N[C@@H]3CC[C@H]3OC)cnn12. The van der Waals surface area contributed by atoms with Crippen LogP contribution in [0.5, 0.6) is 0 Å². The molecule has 11 heteroatoms. The van der Waals surface area contributed by atoms with Crippen molar-refractivity contribution in [3.8, 4) is 0 Å². The molecule has 2 fully saturated rings. The lowest BCUT2D eigenvalue weighted by molar-refractivity contribution is 0.00732. The van der Waals surface area contributed by atoms with Crippen LogP contribution >= 0.6 is 0 Å². The Bertz CT molecular complexity index is 1340. The molecule has 34 heavy (non-hydrogen) atoms. The summed E-state index contributed by atoms with van der Waals surface area (Å²) in [5.74, 6) is 0.826. The normalized spacial score (nSPS) is 22.2. The van der Waals surface area contributed by atoms with E-state index in [1.54, 1.807) is 30.8 Å². The third-order valence-electron chi connectivity index (χ3n) is 7.15. The zero-order chi connectivity index (χ0) is 23.4. The molecule has 1 aliphatic heterocycles. The number of amides is 1. The Labute approximate surface area is 195 Å². The molecule has 11 nitrogen and oxygen atoms in total. The highest BCUT2D eigenvalue weighted by molar-refractivity contribution is 6.00. The van der Waals surface area contributed by atoms with Gasteiger partial charge < -0.3 is 30.0 Å². The number of hydrogen-bond donors (Lipinski definition) is 3. The summed E-state index contributed by atoms with van der Waals surface area (Å²) < 4.78 is 14.5. The van der Waals surface area contributed by atoms with E-state index >= 15 is 0 Å². The fraction of sp³-hybridized carbons (Fsp3) is 0.478. The molecular formula is C23H27N7O4. The Morgan fingerprint density at radius 2 is 2.15 bits per heavy atom. The third kappa shape index (κ3) is 3.26. The second kappa shape index (κ2) is 7.81. The Kier molecular flexibility index (Phi) is 4.85. The molecule has 0 unspecified atom stereocenters. The van der Waals surface area contributed by atoms with Crippen LogP contribution in [0.25, 0.3) is 5.65 Å². The van der Waals surface area contributed by atoms with Gasteiger partial charge in [0.1, 0.15) is 22.9 Å². The zero-order valence-electron chi connectivity index (χ0n) is 19.1. The van der Waals surface area contributed by atoms with E-state index in [4.69, 9.17) is 9.47 Å². The minimum absolute atomic E-state index is 0.0215. The number of carbonyl (C=O) groups is 1. The quantitative estimate of drug-likeness (QED) is 0.502. The van der Waals surface area contributed by atoms with Gasteiger partial charge in [-0.15, -0.1) is 0 Å². The molecule has 1 amide bonds. The molecule has 0 radical (unpaired) electrons. The number of nitrogens with one attached hydrogen (secondary N) is 3. The summed E-state index contributed by atoms with van der Waals surface area (Å²) in [6.07, 6.45) is 5.22. The van der Waals surface area contributed by atoms with E-state index in [2.05, 4.69) is 26.0 Å². The third-order valence-corrected chi connectivity index (χ3v) is 7.15. The van der Waals surface area contributed by atoms with Crippen LogP contribution in [0.3, 0.4) is 0 Å². The van der Waals surface area contributed by atoms with E-state index in [1.165, 1.54) is 6.20 Å². The van der Waals surface area contributed by atoms with Crippen LogP contribution in [0.4, 0.5) is 17.3 Å². The first-order valence-corrected chi connectivity index (χ1v) is 11.5. The van der Waals surface area contributed by atoms with Crippen molar-refractivity contribution < 1.29 is 14.3 Å². The molecule has 0 aromatic carbocycles. The highest BCUT2D eigenvalue weighted by atomic mass is 16.5. The fourth-order valence-corrected chi connectivity index (χ4v) is 4.89. The van der Waals surface area contributed by atoms with Crippen molar-refractivity contribution in [3.63, 3.8) is 0 Å². The van der Waals surface area contributed by atoms with Crippen molar-refractivity contribution in [2.24, 2.45) is 0 Å². The summed E-state index contributed by atoms with van der Waals surface area (Å²) in [6.45, 7) is 1.00.